The molecule has 3 fully saturated rings. The van der Waals surface area contributed by atoms with Crippen LogP contribution in [0.4, 0.5) is 5.69 Å². The second kappa shape index (κ2) is 38.6. The average molecular weight is 1610 g/mol. The quantitative estimate of drug-likeness (QED) is 0.0229. The first-order chi connectivity index (χ1) is 43.9. The maximum Gasteiger partial charge on any atom is 2.00 e. The van der Waals surface area contributed by atoms with Gasteiger partial charge in [-0.2, -0.15) is 0 Å². The summed E-state index contributed by atoms with van der Waals surface area (Å²) >= 11 is 13.3. The Labute approximate surface area is 601 Å². The molecule has 2 aliphatic heterocycles. The summed E-state index contributed by atoms with van der Waals surface area (Å²) in [7, 11) is 0. The molecule has 0 radical (unpaired) electrons. The Morgan fingerprint density at radius 3 is 1.42 bits per heavy atom. The number of morpholine rings is 2. The molecule has 93 heavy (non-hydrogen) atoms. The van der Waals surface area contributed by atoms with E-state index < -0.39 is 16.9 Å². The van der Waals surface area contributed by atoms with Crippen LogP contribution in [0.2, 0.25) is 0 Å². The molecule has 7 aromatic rings. The van der Waals surface area contributed by atoms with Gasteiger partial charge in [0.15, 0.2) is 0 Å². The molecule has 2 saturated heterocycles. The number of hydrogen-bond donors (Lipinski definition) is 2. The van der Waals surface area contributed by atoms with E-state index >= 15 is 0 Å². The van der Waals surface area contributed by atoms with Gasteiger partial charge in [-0.3, -0.25) is 26.5 Å². The van der Waals surface area contributed by atoms with Crippen LogP contribution < -0.4 is 17.0 Å². The molecule has 4 heterocycles. The van der Waals surface area contributed by atoms with Crippen molar-refractivity contribution >= 4 is 156 Å². The molecule has 19 nitrogen and oxygen atoms in total. The second-order valence-corrected chi connectivity index (χ2v) is 24.5. The van der Waals surface area contributed by atoms with E-state index in [0.717, 1.165) is 139 Å². The number of rotatable bonds is 16. The Kier molecular flexibility index (Phi) is 32.3. The van der Waals surface area contributed by atoms with Crippen molar-refractivity contribution in [2.45, 2.75) is 65.5 Å². The number of esters is 3. The van der Waals surface area contributed by atoms with Gasteiger partial charge in [0.25, 0.3) is 5.69 Å². The third kappa shape index (κ3) is 21.8. The summed E-state index contributed by atoms with van der Waals surface area (Å²) in [5.41, 5.74) is 10.3. The van der Waals surface area contributed by atoms with Crippen molar-refractivity contribution in [3.63, 3.8) is 0 Å². The number of fused-ring (bicyclic) bond motifs is 4. The summed E-state index contributed by atoms with van der Waals surface area (Å²) in [4.78, 5) is 71.4. The summed E-state index contributed by atoms with van der Waals surface area (Å²) in [6.07, 6.45) is 16.6. The number of hydrogen-bond acceptors (Lipinski definition) is 14. The molecule has 5 aromatic carbocycles. The summed E-state index contributed by atoms with van der Waals surface area (Å²) in [5.74, 6) is -2.17. The first kappa shape index (κ1) is 77.9. The van der Waals surface area contributed by atoms with E-state index in [1.807, 2.05) is 68.5 Å². The minimum Gasteiger partial charge on any atom is -1.00 e. The largest absolute Gasteiger partial charge is 2.00 e. The number of aromatic nitrogens is 2. The van der Waals surface area contributed by atoms with E-state index in [0.29, 0.717) is 48.0 Å². The maximum absolute atomic E-state index is 12.2. The minimum atomic E-state index is -1.12. The molecule has 2 aromatic heterocycles. The van der Waals surface area contributed by atoms with E-state index in [1.165, 1.54) is 47.2 Å². The number of aromatic carboxylic acids is 2. The van der Waals surface area contributed by atoms with Gasteiger partial charge in [-0.25, -0.2) is 24.0 Å². The number of carbonyl (C=O) groups excluding carboxylic acids is 3. The van der Waals surface area contributed by atoms with Crippen molar-refractivity contribution in [3.05, 3.63) is 200 Å². The third-order valence-electron chi connectivity index (χ3n) is 15.1. The number of carboxylic acids is 2. The van der Waals surface area contributed by atoms with E-state index in [1.54, 1.807) is 19.1 Å². The molecule has 2 N–H and O–H groups in total. The fourth-order valence-corrected chi connectivity index (χ4v) is 13.0. The third-order valence-corrected chi connectivity index (χ3v) is 17.8. The second-order valence-electron chi connectivity index (χ2n) is 21.1. The Morgan fingerprint density at radius 2 is 0.978 bits per heavy atom. The van der Waals surface area contributed by atoms with Crippen molar-refractivity contribution < 1.29 is 79.8 Å². The predicted molar refractivity (Wildman–Crippen MR) is 370 cm³/mol. The smallest absolute Gasteiger partial charge is 1.00 e. The molecule has 25 heteroatoms. The molecule has 12 rings (SSSR count). The maximum atomic E-state index is 12.2. The normalized spacial score (nSPS) is 14.2. The zero-order valence-electron chi connectivity index (χ0n) is 51.9. The Morgan fingerprint density at radius 1 is 0.570 bits per heavy atom. The number of ether oxygens (including phenoxy) is 5. The van der Waals surface area contributed by atoms with Crippen LogP contribution in [0, 0.1) is 16.7 Å². The van der Waals surface area contributed by atoms with Gasteiger partial charge in [0.1, 0.15) is 0 Å². The number of carbonyl (C=O) groups is 5. The number of nitro groups is 1. The molecule has 0 bridgehead atoms. The monoisotopic (exact) mass is 1600 g/mol. The van der Waals surface area contributed by atoms with Crippen molar-refractivity contribution in [2.75, 3.05) is 85.5 Å². The SMILES string of the molecule is CCOC(=O)c1cc(Br)c2c(c1)C=CC2.CCOC(=O)c1cc(Br)c2c(ccn2CCN2CCOCC2)c1.CCOC(=O)c1cc(C2CC2)c2c(ccn2CCN2CCOCC2)c1.O=C(O)c1cc(Br)c2c(c1)C=CC2.O=C(O)c1ccc([N+](=O)[O-])c(Br)c1.[Br-].[CH-]=C.[Mg+2]. The van der Waals surface area contributed by atoms with E-state index in [-0.39, 0.29) is 73.7 Å². The zero-order chi connectivity index (χ0) is 65.7. The van der Waals surface area contributed by atoms with Crippen molar-refractivity contribution in [3.8, 4) is 0 Å². The van der Waals surface area contributed by atoms with Gasteiger partial charge in [-0.1, -0.05) is 56.2 Å². The van der Waals surface area contributed by atoms with Gasteiger partial charge in [-0.15, -0.1) is 0 Å². The number of nitrogens with zero attached hydrogens (tertiary/aromatic N) is 5. The predicted octanol–water partition coefficient (Wildman–Crippen LogP) is 11.1. The number of nitro benzene ring substituents is 1. The molecular weight excluding hydrogens is 1530 g/mol. The fourth-order valence-electron chi connectivity index (χ4n) is 10.5. The molecule has 0 atom stereocenters. The first-order valence-corrected chi connectivity index (χ1v) is 32.9. The van der Waals surface area contributed by atoms with Crippen LogP contribution >= 0.6 is 63.7 Å². The standard InChI is InChI=1S/C20H26N2O3.C17H21BrN2O3.C12H11BrO2.C10H7BrO2.C7H4BrNO4.C2H3.BrH.Mg/c1-2-25-20(23)17-13-16-5-6-22(8-7-21-9-11-24-12-10-21)19(16)18(14-17)15-3-4-15;1-2-23-17(21)14-11-13-3-4-20(16(13)15(18)12-14)6-5-19-7-9-22-10-8-19;1-2-15-12(14)9-6-8-4-3-5-10(8)11(13)7-9;11-9-5-7(10(12)13)4-6-2-1-3-8(6)9;8-5-3-4(7(10)11)1-2-6(5)9(12)13;1-2;;/h5-6,13-15H,2-4,7-12H2,1H3;3-4,11-12H,2,5-10H2,1H3;3-4,6-7H,2,5H2,1H3;1-2,4-5H,3H2,(H,12,13);1-3H,(H,10,11);1H,2H2;1H;/q;;;;;-1;;+2/p-1. The minimum absolute atomic E-state index is 0. The fraction of sp³-hybridized carbons (Fsp3) is 0.338. The molecule has 3 aliphatic carbocycles. The molecule has 1 saturated carbocycles. The summed E-state index contributed by atoms with van der Waals surface area (Å²) in [6, 6.07) is 22.5. The average Bonchev–Trinajstić information content (AvgIpc) is 1.64. The molecule has 5 aliphatic rings. The Hall–Kier alpha value is -5.84. The van der Waals surface area contributed by atoms with Crippen LogP contribution in [0.5, 0.6) is 0 Å². The topological polar surface area (TPSA) is 231 Å². The number of benzene rings is 5. The van der Waals surface area contributed by atoms with Crippen LogP contribution in [0.3, 0.4) is 0 Å². The van der Waals surface area contributed by atoms with Gasteiger partial charge in [0, 0.05) is 95.0 Å². The number of halogens is 5. The summed E-state index contributed by atoms with van der Waals surface area (Å²) in [6.45, 7) is 24.9. The Balaban J connectivity index is 0.000000214. The van der Waals surface area contributed by atoms with Crippen molar-refractivity contribution in [1.82, 2.24) is 18.9 Å². The van der Waals surface area contributed by atoms with Gasteiger partial charge in [0.05, 0.1) is 94.5 Å². The number of carboxylic acid groups (broad SMARTS) is 2. The van der Waals surface area contributed by atoms with Crippen molar-refractivity contribution in [2.24, 2.45) is 0 Å². The van der Waals surface area contributed by atoms with Gasteiger partial charge in [-0.05, 0) is 185 Å². The number of allylic oxidation sites excluding steroid dienone is 2. The molecule has 490 valence electrons. The first-order valence-electron chi connectivity index (χ1n) is 29.7. The van der Waals surface area contributed by atoms with E-state index in [2.05, 4.69) is 126 Å². The van der Waals surface area contributed by atoms with E-state index in [4.69, 9.17) is 33.9 Å². The molecule has 0 spiro atoms. The molecular formula is C68H72Br5MgN5O14. The van der Waals surface area contributed by atoms with Crippen LogP contribution in [-0.4, -0.2) is 172 Å². The zero-order valence-corrected chi connectivity index (χ0v) is 61.2. The van der Waals surface area contributed by atoms with Crippen LogP contribution in [0.15, 0.2) is 128 Å². The van der Waals surface area contributed by atoms with Crippen LogP contribution in [-0.2, 0) is 49.6 Å². The van der Waals surface area contributed by atoms with Gasteiger partial charge >= 0.3 is 52.9 Å². The van der Waals surface area contributed by atoms with E-state index in [9.17, 15) is 34.1 Å². The molecule has 0 unspecified atom stereocenters. The van der Waals surface area contributed by atoms with Gasteiger partial charge < -0.3 is 66.6 Å². The van der Waals surface area contributed by atoms with Crippen LogP contribution in [0.25, 0.3) is 34.0 Å². The molecule has 0 amide bonds. The van der Waals surface area contributed by atoms with Crippen molar-refractivity contribution in [1.29, 1.82) is 0 Å². The van der Waals surface area contributed by atoms with Crippen LogP contribution in [0.1, 0.15) is 119 Å². The van der Waals surface area contributed by atoms with Gasteiger partial charge in [0.2, 0.25) is 0 Å². The summed E-state index contributed by atoms with van der Waals surface area (Å²) < 4.78 is 33.6. The summed E-state index contributed by atoms with van der Waals surface area (Å²) in [5, 5.41) is 29.9. The Bertz CT molecular complexity index is 3820.